The topological polar surface area (TPSA) is 42.1 Å². The number of hydrogen-bond donors (Lipinski definition) is 0. The molecule has 1 spiro atoms. The van der Waals surface area contributed by atoms with Crippen molar-refractivity contribution in [2.45, 2.75) is 56.5 Å². The number of epoxide rings is 1. The maximum Gasteiger partial charge on any atom is 0.310 e. The Bertz CT molecular complexity index is 536. The molecule has 2 saturated carbocycles. The molecule has 4 nitrogen and oxygen atoms in total. The van der Waals surface area contributed by atoms with Gasteiger partial charge in [-0.2, -0.15) is 0 Å². The molecule has 0 aromatic rings. The summed E-state index contributed by atoms with van der Waals surface area (Å²) in [4.78, 5) is 15.2. The maximum atomic E-state index is 12.5. The molecule has 108 valence electrons. The molecule has 0 aromatic heterocycles. The molecular weight excluding hydrogens is 254 g/mol. The predicted molar refractivity (Wildman–Crippen MR) is 69.9 cm³/mol. The lowest BCUT2D eigenvalue weighted by atomic mass is 9.34. The first-order valence-electron chi connectivity index (χ1n) is 8.30. The van der Waals surface area contributed by atoms with Crippen molar-refractivity contribution < 1.29 is 14.3 Å². The maximum absolute atomic E-state index is 12.5. The monoisotopic (exact) mass is 275 g/mol. The zero-order valence-corrected chi connectivity index (χ0v) is 11.9. The van der Waals surface area contributed by atoms with E-state index in [9.17, 15) is 4.79 Å². The van der Waals surface area contributed by atoms with E-state index >= 15 is 0 Å². The van der Waals surface area contributed by atoms with Gasteiger partial charge in [0.2, 0.25) is 0 Å². The standard InChI is InChI=1S/C16H21NO3/c1-8-6-15-9-3-2-4-17(15)7-12-13(19-12)16(8,15)10-5-11(9)20-14(10)18/h8-13H,2-7H2,1H3/t8-,9+,10+,11+,12+,13+,15-,16-/m0/s1. The van der Waals surface area contributed by atoms with Gasteiger partial charge in [-0.3, -0.25) is 9.69 Å². The van der Waals surface area contributed by atoms with E-state index in [1.165, 1.54) is 25.8 Å². The Morgan fingerprint density at radius 3 is 3.10 bits per heavy atom. The average molecular weight is 275 g/mol. The summed E-state index contributed by atoms with van der Waals surface area (Å²) in [7, 11) is 0. The molecule has 0 amide bonds. The summed E-state index contributed by atoms with van der Waals surface area (Å²) in [5.41, 5.74) is 0.327. The van der Waals surface area contributed by atoms with Crippen molar-refractivity contribution >= 4 is 5.97 Å². The first-order chi connectivity index (χ1) is 9.69. The van der Waals surface area contributed by atoms with Gasteiger partial charge >= 0.3 is 5.97 Å². The second-order valence-corrected chi connectivity index (χ2v) is 8.02. The molecule has 6 fully saturated rings. The molecule has 2 bridgehead atoms. The number of nitrogens with zero attached hydrogens (tertiary/aromatic N) is 1. The van der Waals surface area contributed by atoms with Gasteiger partial charge in [0.25, 0.3) is 0 Å². The lowest BCUT2D eigenvalue weighted by Crippen LogP contribution is -2.84. The highest BCUT2D eigenvalue weighted by molar-refractivity contribution is 5.78. The van der Waals surface area contributed by atoms with Crippen LogP contribution in [0.15, 0.2) is 0 Å². The Morgan fingerprint density at radius 2 is 2.25 bits per heavy atom. The fraction of sp³-hybridized carbons (Fsp3) is 0.938. The van der Waals surface area contributed by atoms with Crippen LogP contribution < -0.4 is 0 Å². The van der Waals surface area contributed by atoms with Crippen molar-refractivity contribution in [1.29, 1.82) is 0 Å². The molecule has 0 unspecified atom stereocenters. The summed E-state index contributed by atoms with van der Waals surface area (Å²) in [6, 6.07) is 0. The molecule has 6 aliphatic rings. The van der Waals surface area contributed by atoms with E-state index in [0.29, 0.717) is 24.0 Å². The Balaban J connectivity index is 1.63. The molecule has 4 saturated heterocycles. The Kier molecular flexibility index (Phi) is 1.63. The Hall–Kier alpha value is -0.610. The van der Waals surface area contributed by atoms with E-state index in [1.807, 2.05) is 0 Å². The van der Waals surface area contributed by atoms with Gasteiger partial charge in [0.1, 0.15) is 6.10 Å². The molecule has 0 aromatic carbocycles. The van der Waals surface area contributed by atoms with Gasteiger partial charge in [-0.15, -0.1) is 0 Å². The zero-order chi connectivity index (χ0) is 13.3. The molecule has 4 heteroatoms. The molecule has 0 radical (unpaired) electrons. The van der Waals surface area contributed by atoms with Gasteiger partial charge in [0, 0.05) is 23.4 Å². The summed E-state index contributed by atoms with van der Waals surface area (Å²) in [6.45, 7) is 4.65. The summed E-state index contributed by atoms with van der Waals surface area (Å²) in [5, 5.41) is 0. The number of carbonyl (C=O) groups is 1. The fourth-order valence-electron chi connectivity index (χ4n) is 7.44. The van der Waals surface area contributed by atoms with Crippen LogP contribution in [0.5, 0.6) is 0 Å². The quantitative estimate of drug-likeness (QED) is 0.492. The van der Waals surface area contributed by atoms with E-state index < -0.39 is 0 Å². The molecule has 0 N–H and O–H groups in total. The number of hydrogen-bond acceptors (Lipinski definition) is 4. The van der Waals surface area contributed by atoms with Crippen molar-refractivity contribution in [3.63, 3.8) is 0 Å². The van der Waals surface area contributed by atoms with Crippen LogP contribution in [0.1, 0.15) is 32.6 Å². The lowest BCUT2D eigenvalue weighted by molar-refractivity contribution is -0.269. The van der Waals surface area contributed by atoms with Crippen LogP contribution in [-0.2, 0) is 14.3 Å². The van der Waals surface area contributed by atoms with E-state index in [0.717, 1.165) is 13.0 Å². The number of piperidine rings is 2. The third kappa shape index (κ3) is 0.822. The van der Waals surface area contributed by atoms with Gasteiger partial charge in [-0.25, -0.2) is 0 Å². The summed E-state index contributed by atoms with van der Waals surface area (Å²) < 4.78 is 11.9. The second kappa shape index (κ2) is 2.95. The highest BCUT2D eigenvalue weighted by atomic mass is 16.6. The smallest absolute Gasteiger partial charge is 0.310 e. The van der Waals surface area contributed by atoms with Gasteiger partial charge < -0.3 is 9.47 Å². The van der Waals surface area contributed by atoms with Crippen LogP contribution in [-0.4, -0.2) is 47.8 Å². The molecule has 2 aliphatic carbocycles. The number of carbonyl (C=O) groups excluding carboxylic acids is 1. The number of fused-ring (bicyclic) bond motifs is 4. The predicted octanol–water partition coefficient (Wildman–Crippen LogP) is 1.19. The Labute approximate surface area is 118 Å². The van der Waals surface area contributed by atoms with Gasteiger partial charge in [-0.1, -0.05) is 6.92 Å². The molecule has 6 rings (SSSR count). The number of ether oxygens (including phenoxy) is 2. The van der Waals surface area contributed by atoms with Crippen molar-refractivity contribution in [3.8, 4) is 0 Å². The minimum Gasteiger partial charge on any atom is -0.462 e. The molecular formula is C16H21NO3. The molecule has 20 heavy (non-hydrogen) atoms. The third-order valence-electron chi connectivity index (χ3n) is 7.80. The first kappa shape index (κ1) is 11.0. The van der Waals surface area contributed by atoms with E-state index in [2.05, 4.69) is 11.8 Å². The minimum atomic E-state index is 0.0884. The zero-order valence-electron chi connectivity index (χ0n) is 11.9. The first-order valence-corrected chi connectivity index (χ1v) is 8.30. The summed E-state index contributed by atoms with van der Waals surface area (Å²) in [6.07, 6.45) is 5.67. The van der Waals surface area contributed by atoms with Gasteiger partial charge in [0.15, 0.2) is 0 Å². The van der Waals surface area contributed by atoms with E-state index in [1.54, 1.807) is 0 Å². The van der Waals surface area contributed by atoms with Gasteiger partial charge in [-0.05, 0) is 38.1 Å². The third-order valence-corrected chi connectivity index (χ3v) is 7.80. The van der Waals surface area contributed by atoms with Gasteiger partial charge in [0.05, 0.1) is 18.1 Å². The second-order valence-electron chi connectivity index (χ2n) is 8.02. The average Bonchev–Trinajstić information content (AvgIpc) is 3.08. The fourth-order valence-corrected chi connectivity index (χ4v) is 7.44. The molecule has 8 atom stereocenters. The number of rotatable bonds is 0. The van der Waals surface area contributed by atoms with Crippen molar-refractivity contribution in [3.05, 3.63) is 0 Å². The highest BCUT2D eigenvalue weighted by Gasteiger charge is 2.86. The molecule has 4 aliphatic heterocycles. The minimum absolute atomic E-state index is 0.0884. The molecule has 4 heterocycles. The van der Waals surface area contributed by atoms with E-state index in [-0.39, 0.29) is 28.9 Å². The number of esters is 1. The highest BCUT2D eigenvalue weighted by Crippen LogP contribution is 2.78. The largest absolute Gasteiger partial charge is 0.462 e. The summed E-state index contributed by atoms with van der Waals surface area (Å²) in [5.74, 6) is 1.38. The van der Waals surface area contributed by atoms with Crippen LogP contribution in [0.4, 0.5) is 0 Å². The Morgan fingerprint density at radius 1 is 1.35 bits per heavy atom. The van der Waals surface area contributed by atoms with Crippen molar-refractivity contribution in [2.24, 2.45) is 23.2 Å². The van der Waals surface area contributed by atoms with Crippen LogP contribution in [0.25, 0.3) is 0 Å². The van der Waals surface area contributed by atoms with E-state index in [4.69, 9.17) is 9.47 Å². The van der Waals surface area contributed by atoms with Crippen LogP contribution >= 0.6 is 0 Å². The van der Waals surface area contributed by atoms with Crippen LogP contribution in [0.3, 0.4) is 0 Å². The normalized spacial score (nSPS) is 65.5. The summed E-state index contributed by atoms with van der Waals surface area (Å²) >= 11 is 0. The lowest BCUT2D eigenvalue weighted by Gasteiger charge is -2.75. The van der Waals surface area contributed by atoms with Crippen LogP contribution in [0.2, 0.25) is 0 Å². The van der Waals surface area contributed by atoms with Crippen LogP contribution in [0, 0.1) is 23.2 Å². The van der Waals surface area contributed by atoms with Crippen molar-refractivity contribution in [2.75, 3.05) is 13.1 Å². The SMILES string of the molecule is C[C@H]1C[C@@]23[C@@H]4CCCN2C[C@H]2O[C@H]2[C@@]13[C@@H]1C[C@H]4OC1=O. The van der Waals surface area contributed by atoms with Crippen molar-refractivity contribution in [1.82, 2.24) is 4.90 Å².